The first-order valence-electron chi connectivity index (χ1n) is 3.17. The van der Waals surface area contributed by atoms with E-state index in [-0.39, 0.29) is 5.19 Å². The molecule has 65 valence electrons. The van der Waals surface area contributed by atoms with Crippen LogP contribution in [0.25, 0.3) is 0 Å². The summed E-state index contributed by atoms with van der Waals surface area (Å²) in [5.41, 5.74) is 0. The maximum Gasteiger partial charge on any atom is 0.381 e. The van der Waals surface area contributed by atoms with Crippen LogP contribution in [0.2, 0.25) is 0 Å². The number of rotatable bonds is 1. The largest absolute Gasteiger partial charge is 0.381 e. The highest BCUT2D eigenvalue weighted by molar-refractivity contribution is 7.15. The molecule has 0 aliphatic carbocycles. The van der Waals surface area contributed by atoms with Gasteiger partial charge in [0.25, 0.3) is 0 Å². The van der Waals surface area contributed by atoms with Gasteiger partial charge in [-0.25, -0.2) is 0 Å². The Labute approximate surface area is 74.3 Å². The van der Waals surface area contributed by atoms with Crippen LogP contribution in [0.3, 0.4) is 0 Å². The molecule has 0 unspecified atom stereocenters. The van der Waals surface area contributed by atoms with Gasteiger partial charge in [-0.1, -0.05) is 30.3 Å². The number of hydrogen-bond acceptors (Lipinski definition) is 0. The van der Waals surface area contributed by atoms with Crippen LogP contribution in [0.5, 0.6) is 0 Å². The van der Waals surface area contributed by atoms with E-state index in [1.165, 1.54) is 12.1 Å². The molecule has 1 aromatic carbocycles. The quantitative estimate of drug-likeness (QED) is 0.492. The molecule has 5 heteroatoms. The van der Waals surface area contributed by atoms with Crippen molar-refractivity contribution in [2.75, 3.05) is 0 Å². The molecule has 0 saturated heterocycles. The van der Waals surface area contributed by atoms with Gasteiger partial charge in [0, 0.05) is 0 Å². The predicted octanol–water partition coefficient (Wildman–Crippen LogP) is 2.23. The smallest absolute Gasteiger partial charge is 0.175 e. The van der Waals surface area contributed by atoms with E-state index in [0.717, 1.165) is 0 Å². The molecule has 0 heterocycles. The minimum atomic E-state index is -4.27. The molecule has 0 spiro atoms. The van der Waals surface area contributed by atoms with Gasteiger partial charge >= 0.3 is 13.9 Å². The number of halogens is 4. The summed E-state index contributed by atoms with van der Waals surface area (Å²) in [6, 6.07) is 7.55. The minimum absolute atomic E-state index is 0.177. The average Bonchev–Trinajstić information content (AvgIpc) is 2.03. The highest BCUT2D eigenvalue weighted by Crippen LogP contribution is 2.21. The Kier molecular flexibility index (Phi) is 2.79. The Hall–Kier alpha value is -0.483. The molecule has 0 atom stereocenters. The van der Waals surface area contributed by atoms with E-state index < -0.39 is 13.9 Å². The predicted molar refractivity (Wildman–Crippen MR) is 43.7 cm³/mol. The minimum Gasteiger partial charge on any atom is -0.175 e. The van der Waals surface area contributed by atoms with Crippen molar-refractivity contribution in [3.63, 3.8) is 0 Å². The highest BCUT2D eigenvalue weighted by Gasteiger charge is 2.42. The van der Waals surface area contributed by atoms with Gasteiger partial charge in [0.2, 0.25) is 0 Å². The van der Waals surface area contributed by atoms with E-state index in [1.54, 1.807) is 18.2 Å². The van der Waals surface area contributed by atoms with Crippen molar-refractivity contribution in [3.05, 3.63) is 30.3 Å². The molecule has 0 aromatic heterocycles. The molecule has 0 amide bonds. The molecule has 1 radical (unpaired) electrons. The lowest BCUT2D eigenvalue weighted by Crippen LogP contribution is -2.39. The molecule has 0 bridgehead atoms. The second-order valence-corrected chi connectivity index (χ2v) is 5.08. The molecule has 0 aliphatic heterocycles. The monoisotopic (exact) mass is 209 g/mol. The van der Waals surface area contributed by atoms with E-state index in [1.807, 2.05) is 0 Å². The van der Waals surface area contributed by atoms with Gasteiger partial charge in [0.1, 0.15) is 0 Å². The fourth-order valence-corrected chi connectivity index (χ4v) is 1.94. The Morgan fingerprint density at radius 2 is 1.58 bits per heavy atom. The zero-order chi connectivity index (χ0) is 9.19. The first-order valence-corrected chi connectivity index (χ1v) is 5.68. The second kappa shape index (κ2) is 3.49. The molecule has 0 aliphatic rings. The fourth-order valence-electron chi connectivity index (χ4n) is 0.748. The standard InChI is InChI=1S/C7H5ClF3Si/c8-12(7(9,10)11)6-4-2-1-3-5-6/h1-5H. The molecule has 0 fully saturated rings. The van der Waals surface area contributed by atoms with Gasteiger partial charge in [-0.15, -0.1) is 0 Å². The summed E-state index contributed by atoms with van der Waals surface area (Å²) in [6.07, 6.45) is 0. The summed E-state index contributed by atoms with van der Waals surface area (Å²) >= 11 is 5.26. The van der Waals surface area contributed by atoms with Crippen molar-refractivity contribution in [3.8, 4) is 0 Å². The molecule has 12 heavy (non-hydrogen) atoms. The van der Waals surface area contributed by atoms with E-state index >= 15 is 0 Å². The zero-order valence-electron chi connectivity index (χ0n) is 5.90. The lowest BCUT2D eigenvalue weighted by atomic mass is 10.4. The lowest BCUT2D eigenvalue weighted by Gasteiger charge is -2.10. The summed E-state index contributed by atoms with van der Waals surface area (Å²) in [7, 11) is -2.91. The van der Waals surface area contributed by atoms with Gasteiger partial charge in [0.15, 0.2) is 0 Å². The van der Waals surface area contributed by atoms with Crippen molar-refractivity contribution in [2.45, 2.75) is 5.80 Å². The summed E-state index contributed by atoms with van der Waals surface area (Å²) in [5, 5.41) is 0.177. The SMILES string of the molecule is FC(F)(F)[Si](Cl)c1ccccc1. The average molecular weight is 210 g/mol. The van der Waals surface area contributed by atoms with E-state index in [9.17, 15) is 13.2 Å². The third-order valence-corrected chi connectivity index (χ3v) is 3.91. The molecular formula is C7H5ClF3Si. The van der Waals surface area contributed by atoms with E-state index in [2.05, 4.69) is 0 Å². The van der Waals surface area contributed by atoms with Crippen LogP contribution in [0, 0.1) is 0 Å². The highest BCUT2D eigenvalue weighted by atomic mass is 35.6. The summed E-state index contributed by atoms with van der Waals surface area (Å²) in [5.74, 6) is -4.27. The maximum absolute atomic E-state index is 12.0. The van der Waals surface area contributed by atoms with Crippen LogP contribution in [0.1, 0.15) is 0 Å². The van der Waals surface area contributed by atoms with Gasteiger partial charge in [-0.2, -0.15) is 24.3 Å². The molecule has 0 N–H and O–H groups in total. The molecule has 1 rings (SSSR count). The Bertz CT molecular complexity index is 247. The van der Waals surface area contributed by atoms with Crippen molar-refractivity contribution in [1.82, 2.24) is 0 Å². The number of hydrogen-bond donors (Lipinski definition) is 0. The van der Waals surface area contributed by atoms with E-state index in [4.69, 9.17) is 11.1 Å². The van der Waals surface area contributed by atoms with Crippen molar-refractivity contribution < 1.29 is 13.2 Å². The number of benzene rings is 1. The van der Waals surface area contributed by atoms with Crippen molar-refractivity contribution in [2.24, 2.45) is 0 Å². The van der Waals surface area contributed by atoms with Crippen molar-refractivity contribution >= 4 is 24.4 Å². The second-order valence-electron chi connectivity index (χ2n) is 2.18. The third-order valence-electron chi connectivity index (χ3n) is 1.28. The first-order chi connectivity index (χ1) is 5.52. The zero-order valence-corrected chi connectivity index (χ0v) is 7.65. The Morgan fingerprint density at radius 1 is 1.08 bits per heavy atom. The molecule has 0 nitrogen and oxygen atoms in total. The van der Waals surface area contributed by atoms with Crippen LogP contribution >= 0.6 is 11.1 Å². The van der Waals surface area contributed by atoms with Gasteiger partial charge in [0.05, 0.1) is 0 Å². The first kappa shape index (κ1) is 9.60. The van der Waals surface area contributed by atoms with Gasteiger partial charge in [-0.05, 0) is 5.19 Å². The maximum atomic E-state index is 12.0. The van der Waals surface area contributed by atoms with Gasteiger partial charge in [-0.3, -0.25) is 0 Å². The van der Waals surface area contributed by atoms with Crippen LogP contribution in [0.4, 0.5) is 13.2 Å². The van der Waals surface area contributed by atoms with Crippen LogP contribution in [-0.2, 0) is 0 Å². The summed E-state index contributed by atoms with van der Waals surface area (Å²) in [4.78, 5) is 0. The molecular weight excluding hydrogens is 205 g/mol. The Morgan fingerprint density at radius 3 is 2.00 bits per heavy atom. The molecule has 0 saturated carbocycles. The fraction of sp³-hybridized carbons (Fsp3) is 0.143. The molecule has 1 aromatic rings. The normalized spacial score (nSPS) is 12.1. The Balaban J connectivity index is 2.86. The summed E-state index contributed by atoms with van der Waals surface area (Å²) in [6.45, 7) is 0. The van der Waals surface area contributed by atoms with Crippen LogP contribution in [0.15, 0.2) is 30.3 Å². The third kappa shape index (κ3) is 2.25. The number of alkyl halides is 3. The summed E-state index contributed by atoms with van der Waals surface area (Å²) < 4.78 is 36.1. The van der Waals surface area contributed by atoms with Gasteiger partial charge < -0.3 is 0 Å². The van der Waals surface area contributed by atoms with Crippen LogP contribution < -0.4 is 5.19 Å². The van der Waals surface area contributed by atoms with Crippen molar-refractivity contribution in [1.29, 1.82) is 0 Å². The topological polar surface area (TPSA) is 0 Å². The van der Waals surface area contributed by atoms with E-state index in [0.29, 0.717) is 0 Å². The van der Waals surface area contributed by atoms with Crippen LogP contribution in [-0.4, -0.2) is 13.9 Å². The lowest BCUT2D eigenvalue weighted by molar-refractivity contribution is -0.0472.